The molecule has 1 unspecified atom stereocenters. The molecule has 1 heterocycles. The maximum Gasteiger partial charge on any atom is 0.220 e. The maximum atomic E-state index is 13.6. The van der Waals surface area contributed by atoms with Crippen molar-refractivity contribution < 1.29 is 18.7 Å². The van der Waals surface area contributed by atoms with E-state index in [4.69, 9.17) is 4.74 Å². The first-order valence-corrected chi connectivity index (χ1v) is 7.94. The zero-order chi connectivity index (χ0) is 16.7. The van der Waals surface area contributed by atoms with Crippen LogP contribution in [-0.4, -0.2) is 38.4 Å². The Morgan fingerprint density at radius 3 is 2.87 bits per heavy atom. The van der Waals surface area contributed by atoms with Gasteiger partial charge in [0.25, 0.3) is 0 Å². The van der Waals surface area contributed by atoms with Gasteiger partial charge in [0.2, 0.25) is 5.91 Å². The zero-order valence-corrected chi connectivity index (χ0v) is 13.4. The Labute approximate surface area is 135 Å². The van der Waals surface area contributed by atoms with Gasteiger partial charge in [-0.3, -0.25) is 9.59 Å². The van der Waals surface area contributed by atoms with E-state index in [-0.39, 0.29) is 35.8 Å². The number of carbonyl (C=O) groups excluding carboxylic acids is 2. The molecule has 5 nitrogen and oxygen atoms in total. The fourth-order valence-corrected chi connectivity index (χ4v) is 2.68. The Bertz CT molecular complexity index is 557. The van der Waals surface area contributed by atoms with Crippen molar-refractivity contribution in [2.75, 3.05) is 26.7 Å². The Kier molecular flexibility index (Phi) is 6.52. The third-order valence-corrected chi connectivity index (χ3v) is 4.09. The molecule has 0 aliphatic carbocycles. The lowest BCUT2D eigenvalue weighted by Gasteiger charge is -2.09. The van der Waals surface area contributed by atoms with Gasteiger partial charge < -0.3 is 15.4 Å². The smallest absolute Gasteiger partial charge is 0.220 e. The fourth-order valence-electron chi connectivity index (χ4n) is 2.68. The van der Waals surface area contributed by atoms with Gasteiger partial charge in [0.05, 0.1) is 7.11 Å². The predicted octanol–water partition coefficient (Wildman–Crippen LogP) is 1.91. The van der Waals surface area contributed by atoms with Gasteiger partial charge in [-0.2, -0.15) is 0 Å². The number of benzene rings is 1. The number of hydrogen-bond donors (Lipinski definition) is 2. The SMILES string of the molecule is COc1ccc(C(=O)CCC(=O)NCCC2CCNC2)cc1F. The summed E-state index contributed by atoms with van der Waals surface area (Å²) in [6, 6.07) is 4.07. The van der Waals surface area contributed by atoms with Crippen LogP contribution in [0.2, 0.25) is 0 Å². The molecule has 2 rings (SSSR count). The van der Waals surface area contributed by atoms with Gasteiger partial charge in [-0.25, -0.2) is 4.39 Å². The third-order valence-electron chi connectivity index (χ3n) is 4.09. The number of nitrogens with one attached hydrogen (secondary N) is 2. The van der Waals surface area contributed by atoms with Crippen LogP contribution in [0.3, 0.4) is 0 Å². The lowest BCUT2D eigenvalue weighted by Crippen LogP contribution is -2.26. The molecule has 1 aliphatic rings. The molecule has 6 heteroatoms. The van der Waals surface area contributed by atoms with Crippen molar-refractivity contribution in [2.45, 2.75) is 25.7 Å². The van der Waals surface area contributed by atoms with Crippen LogP contribution >= 0.6 is 0 Å². The van der Waals surface area contributed by atoms with E-state index in [0.29, 0.717) is 12.5 Å². The molecule has 0 aromatic heterocycles. The second-order valence-corrected chi connectivity index (χ2v) is 5.77. The number of Topliss-reactive ketones (excluding diaryl/α,β-unsaturated/α-hetero) is 1. The summed E-state index contributed by atoms with van der Waals surface area (Å²) in [5.41, 5.74) is 0.258. The molecule has 126 valence electrons. The molecule has 1 amide bonds. The number of methoxy groups -OCH3 is 1. The van der Waals surface area contributed by atoms with Crippen LogP contribution < -0.4 is 15.4 Å². The molecule has 0 saturated carbocycles. The number of rotatable bonds is 8. The van der Waals surface area contributed by atoms with E-state index >= 15 is 0 Å². The highest BCUT2D eigenvalue weighted by Crippen LogP contribution is 2.19. The summed E-state index contributed by atoms with van der Waals surface area (Å²) >= 11 is 0. The van der Waals surface area contributed by atoms with Crippen molar-refractivity contribution in [2.24, 2.45) is 5.92 Å². The maximum absolute atomic E-state index is 13.6. The fraction of sp³-hybridized carbons (Fsp3) is 0.529. The quantitative estimate of drug-likeness (QED) is 0.718. The monoisotopic (exact) mass is 322 g/mol. The van der Waals surface area contributed by atoms with Crippen LogP contribution in [0.15, 0.2) is 18.2 Å². The van der Waals surface area contributed by atoms with Crippen LogP contribution in [0.5, 0.6) is 5.75 Å². The minimum absolute atomic E-state index is 0.0720. The van der Waals surface area contributed by atoms with Crippen molar-refractivity contribution in [3.05, 3.63) is 29.6 Å². The van der Waals surface area contributed by atoms with Gasteiger partial charge in [-0.1, -0.05) is 0 Å². The molecular formula is C17H23FN2O3. The summed E-state index contributed by atoms with van der Waals surface area (Å²) in [6.07, 6.45) is 2.30. The van der Waals surface area contributed by atoms with Gasteiger partial charge in [-0.15, -0.1) is 0 Å². The zero-order valence-electron chi connectivity index (χ0n) is 13.4. The Morgan fingerprint density at radius 1 is 1.39 bits per heavy atom. The highest BCUT2D eigenvalue weighted by atomic mass is 19.1. The molecule has 23 heavy (non-hydrogen) atoms. The number of carbonyl (C=O) groups is 2. The van der Waals surface area contributed by atoms with E-state index in [2.05, 4.69) is 10.6 Å². The first kappa shape index (κ1) is 17.4. The molecular weight excluding hydrogens is 299 g/mol. The number of ether oxygens (including phenoxy) is 1. The number of ketones is 1. The van der Waals surface area contributed by atoms with E-state index in [9.17, 15) is 14.0 Å². The van der Waals surface area contributed by atoms with Crippen molar-refractivity contribution in [3.63, 3.8) is 0 Å². The first-order valence-electron chi connectivity index (χ1n) is 7.94. The predicted molar refractivity (Wildman–Crippen MR) is 85.1 cm³/mol. The summed E-state index contributed by atoms with van der Waals surface area (Å²) in [5, 5.41) is 6.12. The molecule has 1 aromatic carbocycles. The van der Waals surface area contributed by atoms with Crippen LogP contribution in [0.4, 0.5) is 4.39 Å². The minimum Gasteiger partial charge on any atom is -0.494 e. The second-order valence-electron chi connectivity index (χ2n) is 5.77. The number of halogens is 1. The van der Waals surface area contributed by atoms with Gasteiger partial charge in [0.15, 0.2) is 17.3 Å². The highest BCUT2D eigenvalue weighted by Gasteiger charge is 2.15. The molecule has 1 aromatic rings. The first-order chi connectivity index (χ1) is 11.1. The van der Waals surface area contributed by atoms with Crippen molar-refractivity contribution in [1.29, 1.82) is 0 Å². The average Bonchev–Trinajstić information content (AvgIpc) is 3.06. The molecule has 0 spiro atoms. The average molecular weight is 322 g/mol. The molecule has 2 N–H and O–H groups in total. The van der Waals surface area contributed by atoms with Crippen LogP contribution in [0, 0.1) is 11.7 Å². The largest absolute Gasteiger partial charge is 0.494 e. The standard InChI is InChI=1S/C17H23FN2O3/c1-23-16-4-2-13(10-14(16)18)15(21)3-5-17(22)20-9-7-12-6-8-19-11-12/h2,4,10,12,19H,3,5-9,11H2,1H3,(H,20,22). The summed E-state index contributed by atoms with van der Waals surface area (Å²) in [7, 11) is 1.37. The minimum atomic E-state index is -0.576. The van der Waals surface area contributed by atoms with Crippen LogP contribution in [-0.2, 0) is 4.79 Å². The molecule has 0 radical (unpaired) electrons. The van der Waals surface area contributed by atoms with Gasteiger partial charge in [-0.05, 0) is 50.0 Å². The van der Waals surface area contributed by atoms with E-state index in [0.717, 1.165) is 32.0 Å². The summed E-state index contributed by atoms with van der Waals surface area (Å²) in [5.74, 6) is -0.243. The third kappa shape index (κ3) is 5.32. The van der Waals surface area contributed by atoms with Gasteiger partial charge in [0, 0.05) is 24.9 Å². The van der Waals surface area contributed by atoms with E-state index in [1.54, 1.807) is 0 Å². The number of amides is 1. The number of hydrogen-bond acceptors (Lipinski definition) is 4. The Hall–Kier alpha value is -1.95. The summed E-state index contributed by atoms with van der Waals surface area (Å²) in [6.45, 7) is 2.69. The topological polar surface area (TPSA) is 67.4 Å². The molecule has 1 aliphatic heterocycles. The lowest BCUT2D eigenvalue weighted by atomic mass is 10.0. The lowest BCUT2D eigenvalue weighted by molar-refractivity contribution is -0.121. The van der Waals surface area contributed by atoms with E-state index in [1.165, 1.54) is 19.2 Å². The van der Waals surface area contributed by atoms with Gasteiger partial charge in [0.1, 0.15) is 0 Å². The van der Waals surface area contributed by atoms with E-state index in [1.807, 2.05) is 0 Å². The van der Waals surface area contributed by atoms with Crippen LogP contribution in [0.25, 0.3) is 0 Å². The summed E-state index contributed by atoms with van der Waals surface area (Å²) < 4.78 is 18.4. The highest BCUT2D eigenvalue weighted by molar-refractivity contribution is 5.98. The summed E-state index contributed by atoms with van der Waals surface area (Å²) in [4.78, 5) is 23.7. The molecule has 1 saturated heterocycles. The van der Waals surface area contributed by atoms with Crippen molar-refractivity contribution >= 4 is 11.7 Å². The van der Waals surface area contributed by atoms with Crippen LogP contribution in [0.1, 0.15) is 36.0 Å². The molecule has 0 bridgehead atoms. The van der Waals surface area contributed by atoms with Crippen molar-refractivity contribution in [3.8, 4) is 5.75 Å². The Balaban J connectivity index is 1.70. The molecule has 1 atom stereocenters. The molecule has 1 fully saturated rings. The van der Waals surface area contributed by atoms with Gasteiger partial charge >= 0.3 is 0 Å². The van der Waals surface area contributed by atoms with E-state index < -0.39 is 5.82 Å². The Morgan fingerprint density at radius 2 is 2.22 bits per heavy atom. The van der Waals surface area contributed by atoms with Crippen molar-refractivity contribution in [1.82, 2.24) is 10.6 Å². The normalized spacial score (nSPS) is 17.0. The second kappa shape index (κ2) is 8.62.